The number of aromatic nitrogens is 4. The molecule has 58 heavy (non-hydrogen) atoms. The maximum absolute atomic E-state index is 13.7. The minimum absolute atomic E-state index is 0.0961. The molecule has 0 radical (unpaired) electrons. The maximum Gasteiger partial charge on any atom is 0.278 e. The maximum atomic E-state index is 13.7. The molecule has 4 heterocycles. The first kappa shape index (κ1) is 38.6. The number of quaternary nitrogens is 1. The van der Waals surface area contributed by atoms with Gasteiger partial charge in [0, 0.05) is 30.2 Å². The van der Waals surface area contributed by atoms with Gasteiger partial charge in [0.15, 0.2) is 6.54 Å². The van der Waals surface area contributed by atoms with Crippen LogP contribution in [0.3, 0.4) is 0 Å². The lowest BCUT2D eigenvalue weighted by atomic mass is 10.0. The predicted molar refractivity (Wildman–Crippen MR) is 222 cm³/mol. The number of carbonyl (C=O) groups is 3. The first-order valence-corrected chi connectivity index (χ1v) is 19.9. The summed E-state index contributed by atoms with van der Waals surface area (Å²) in [5, 5.41) is 14.5. The number of halogens is 1. The molecule has 6 aromatic rings. The quantitative estimate of drug-likeness (QED) is 0.120. The van der Waals surface area contributed by atoms with Crippen molar-refractivity contribution in [3.8, 4) is 33.6 Å². The Bertz CT molecular complexity index is 2390. The van der Waals surface area contributed by atoms with E-state index in [1.165, 1.54) is 0 Å². The van der Waals surface area contributed by atoms with E-state index in [-0.39, 0.29) is 23.9 Å². The zero-order valence-electron chi connectivity index (χ0n) is 32.4. The third-order valence-corrected chi connectivity index (χ3v) is 11.6. The van der Waals surface area contributed by atoms with E-state index in [2.05, 4.69) is 56.7 Å². The largest absolute Gasteiger partial charge is 0.530 e. The molecule has 0 aliphatic carbocycles. The van der Waals surface area contributed by atoms with Gasteiger partial charge in [-0.2, -0.15) is 0 Å². The number of carboxylic acid groups (broad SMARTS) is 1. The number of nitrogens with one attached hydrogen (secondary N) is 3. The molecular formula is C45H45ClN8O4. The lowest BCUT2D eigenvalue weighted by Crippen LogP contribution is -2.49. The molecule has 2 saturated heterocycles. The normalized spacial score (nSPS) is 17.4. The molecule has 2 aromatic heterocycles. The third kappa shape index (κ3) is 8.11. The van der Waals surface area contributed by atoms with Crippen LogP contribution < -0.4 is 14.9 Å². The molecule has 0 unspecified atom stereocenters. The van der Waals surface area contributed by atoms with Gasteiger partial charge in [0.2, 0.25) is 5.91 Å². The van der Waals surface area contributed by atoms with Gasteiger partial charge in [-0.3, -0.25) is 14.1 Å². The Kier molecular flexibility index (Phi) is 10.9. The van der Waals surface area contributed by atoms with Crippen molar-refractivity contribution in [2.24, 2.45) is 0 Å². The highest BCUT2D eigenvalue weighted by Gasteiger charge is 2.37. The molecule has 2 fully saturated rings. The van der Waals surface area contributed by atoms with E-state index in [4.69, 9.17) is 16.6 Å². The first-order valence-electron chi connectivity index (χ1n) is 19.6. The smallest absolute Gasteiger partial charge is 0.278 e. The summed E-state index contributed by atoms with van der Waals surface area (Å²) < 4.78 is 0.427. The van der Waals surface area contributed by atoms with Crippen molar-refractivity contribution >= 4 is 35.2 Å². The molecule has 3 amide bonds. The molecule has 296 valence electrons. The number of aromatic amines is 2. The van der Waals surface area contributed by atoms with Crippen LogP contribution in [0.1, 0.15) is 61.0 Å². The van der Waals surface area contributed by atoms with E-state index < -0.39 is 12.1 Å². The summed E-state index contributed by atoms with van der Waals surface area (Å²) in [6.07, 6.45) is 5.39. The van der Waals surface area contributed by atoms with Gasteiger partial charge in [0.25, 0.3) is 5.91 Å². The second kappa shape index (κ2) is 16.3. The lowest BCUT2D eigenvalue weighted by Gasteiger charge is -2.32. The van der Waals surface area contributed by atoms with Crippen molar-refractivity contribution in [1.82, 2.24) is 39.5 Å². The van der Waals surface area contributed by atoms with Crippen molar-refractivity contribution in [2.45, 2.75) is 43.8 Å². The summed E-state index contributed by atoms with van der Waals surface area (Å²) in [6, 6.07) is 31.5. The molecule has 3 atom stereocenters. The van der Waals surface area contributed by atoms with Gasteiger partial charge in [-0.05, 0) is 65.6 Å². The summed E-state index contributed by atoms with van der Waals surface area (Å²) in [5.41, 5.74) is 7.38. The van der Waals surface area contributed by atoms with Gasteiger partial charge in [-0.15, -0.1) is 0 Å². The summed E-state index contributed by atoms with van der Waals surface area (Å²) in [7, 11) is 4.07. The van der Waals surface area contributed by atoms with Gasteiger partial charge >= 0.3 is 0 Å². The van der Waals surface area contributed by atoms with Crippen molar-refractivity contribution in [1.29, 1.82) is 0 Å². The Balaban J connectivity index is 0.911. The van der Waals surface area contributed by atoms with Crippen molar-refractivity contribution in [2.75, 3.05) is 33.7 Å². The van der Waals surface area contributed by atoms with Crippen LogP contribution in [-0.2, 0) is 9.59 Å². The summed E-state index contributed by atoms with van der Waals surface area (Å²) in [6.45, 7) is 1.54. The van der Waals surface area contributed by atoms with Gasteiger partial charge in [-0.1, -0.05) is 90.5 Å². The summed E-state index contributed by atoms with van der Waals surface area (Å²) in [5.74, 6) is 1.22. The number of likely N-dealkylation sites (tertiary alicyclic amines) is 2. The van der Waals surface area contributed by atoms with E-state index >= 15 is 0 Å². The van der Waals surface area contributed by atoms with Gasteiger partial charge in [0.05, 0.1) is 50.0 Å². The number of carbonyl (C=O) groups excluding carboxylic acids is 3. The van der Waals surface area contributed by atoms with Crippen LogP contribution in [-0.4, -0.2) is 81.4 Å². The SMILES string of the molecule is C[N+](C)(CC(=O)N1CCC[C@H]1c1ncc(-c2ccc(-c3ccc(-c4cnc([C@@H]5CCCN5C(=O)[C@H](NC(=O)[O-])c5ccccc5)[nH]4)cc3)cc2)[nH]1)c1ccc(Cl)cc1. The summed E-state index contributed by atoms with van der Waals surface area (Å²) >= 11 is 6.10. The van der Waals surface area contributed by atoms with E-state index in [0.29, 0.717) is 46.9 Å². The number of hydrogen-bond donors (Lipinski definition) is 3. The average molecular weight is 797 g/mol. The second-order valence-electron chi connectivity index (χ2n) is 15.5. The molecule has 13 heteroatoms. The van der Waals surface area contributed by atoms with Gasteiger partial charge < -0.3 is 35.0 Å². The van der Waals surface area contributed by atoms with E-state index in [9.17, 15) is 19.5 Å². The Labute approximate surface area is 342 Å². The minimum Gasteiger partial charge on any atom is -0.530 e. The Morgan fingerprint density at radius 2 is 1.24 bits per heavy atom. The van der Waals surface area contributed by atoms with Crippen molar-refractivity contribution in [3.63, 3.8) is 0 Å². The Morgan fingerprint density at radius 1 is 0.741 bits per heavy atom. The molecule has 2 aliphatic rings. The van der Waals surface area contributed by atoms with Gasteiger partial charge in [-0.25, -0.2) is 9.97 Å². The van der Waals surface area contributed by atoms with Crippen LogP contribution in [0.2, 0.25) is 5.02 Å². The number of imidazole rings is 2. The van der Waals surface area contributed by atoms with E-state index in [0.717, 1.165) is 64.4 Å². The molecule has 3 N–H and O–H groups in total. The molecule has 0 saturated carbocycles. The van der Waals surface area contributed by atoms with E-state index in [1.807, 2.05) is 67.7 Å². The highest BCUT2D eigenvalue weighted by Crippen LogP contribution is 2.36. The zero-order chi connectivity index (χ0) is 40.4. The zero-order valence-corrected chi connectivity index (χ0v) is 33.2. The number of likely N-dealkylation sites (N-methyl/N-ethyl adjacent to an activating group) is 1. The number of benzene rings is 4. The van der Waals surface area contributed by atoms with Crippen LogP contribution >= 0.6 is 11.6 Å². The fraction of sp³-hybridized carbons (Fsp3) is 0.267. The highest BCUT2D eigenvalue weighted by atomic mass is 35.5. The molecule has 0 bridgehead atoms. The minimum atomic E-state index is -1.50. The lowest BCUT2D eigenvalue weighted by molar-refractivity contribution is -0.251. The van der Waals surface area contributed by atoms with Crippen LogP contribution in [0.5, 0.6) is 0 Å². The number of amides is 3. The fourth-order valence-corrected chi connectivity index (χ4v) is 8.36. The van der Waals surface area contributed by atoms with Crippen LogP contribution in [0.15, 0.2) is 116 Å². The predicted octanol–water partition coefficient (Wildman–Crippen LogP) is 7.06. The second-order valence-corrected chi connectivity index (χ2v) is 16.0. The number of hydrogen-bond acceptors (Lipinski definition) is 6. The molecule has 2 aliphatic heterocycles. The highest BCUT2D eigenvalue weighted by molar-refractivity contribution is 6.30. The van der Waals surface area contributed by atoms with Crippen molar-refractivity contribution < 1.29 is 19.5 Å². The molecular weight excluding hydrogens is 752 g/mol. The van der Waals surface area contributed by atoms with Crippen LogP contribution in [0.4, 0.5) is 10.5 Å². The van der Waals surface area contributed by atoms with Crippen molar-refractivity contribution in [3.05, 3.63) is 138 Å². The third-order valence-electron chi connectivity index (χ3n) is 11.4. The molecule has 4 aromatic carbocycles. The van der Waals surface area contributed by atoms with Gasteiger partial charge in [0.1, 0.15) is 29.5 Å². The topological polar surface area (TPSA) is 150 Å². The standard InChI is InChI=1S/C45H45ClN8O4/c1-54(2,35-22-20-34(46)21-23-35)28-40(55)52-24-6-10-38(52)42-47-26-36(49-42)31-16-12-29(13-17-31)30-14-18-32(19-15-30)37-27-48-43(50-37)39-11-7-25-53(39)44(56)41(51-45(57)58)33-8-4-3-5-9-33/h3-5,8-9,12-23,26-27,38-39,41,51H,6-7,10-11,24-25,28H2,1-2H3,(H2-,47,48,49,50,57,58)/t38-,39-,41+/m0/s1. The number of H-pyrrole nitrogens is 2. The summed E-state index contributed by atoms with van der Waals surface area (Å²) in [4.78, 5) is 58.8. The molecule has 0 spiro atoms. The average Bonchev–Trinajstić information content (AvgIpc) is 4.07. The monoisotopic (exact) mass is 796 g/mol. The number of rotatable bonds is 11. The number of nitrogens with zero attached hydrogens (tertiary/aromatic N) is 5. The Morgan fingerprint density at radius 3 is 1.78 bits per heavy atom. The molecule has 12 nitrogen and oxygen atoms in total. The van der Waals surface area contributed by atoms with E-state index in [1.54, 1.807) is 35.4 Å². The molecule has 8 rings (SSSR count). The fourth-order valence-electron chi connectivity index (χ4n) is 8.24. The Hall–Kier alpha value is -6.24. The van der Waals surface area contributed by atoms with Crippen LogP contribution in [0, 0.1) is 0 Å². The van der Waals surface area contributed by atoms with Crippen LogP contribution in [0.25, 0.3) is 33.6 Å². The first-order chi connectivity index (χ1) is 28.0.